The van der Waals surface area contributed by atoms with Crippen molar-refractivity contribution in [2.45, 2.75) is 19.5 Å². The van der Waals surface area contributed by atoms with Gasteiger partial charge in [0, 0.05) is 36.4 Å². The third kappa shape index (κ3) is 3.00. The highest BCUT2D eigenvalue weighted by atomic mass is 32.1. The zero-order chi connectivity index (χ0) is 13.8. The normalized spacial score (nSPS) is 12.7. The maximum atomic E-state index is 4.45. The van der Waals surface area contributed by atoms with Crippen molar-refractivity contribution in [2.24, 2.45) is 0 Å². The Labute approximate surface area is 126 Å². The molecule has 3 nitrogen and oxygen atoms in total. The van der Waals surface area contributed by atoms with E-state index in [9.17, 15) is 0 Å². The first-order valence-corrected chi connectivity index (χ1v) is 8.42. The van der Waals surface area contributed by atoms with Crippen LogP contribution in [0.2, 0.25) is 0 Å². The van der Waals surface area contributed by atoms with Crippen LogP contribution in [0.5, 0.6) is 0 Å². The third-order valence-electron chi connectivity index (χ3n) is 3.23. The molecule has 0 saturated heterocycles. The molecule has 3 aromatic rings. The minimum atomic E-state index is 0.406. The Balaban J connectivity index is 1.58. The summed E-state index contributed by atoms with van der Waals surface area (Å²) < 4.78 is 2.21. The van der Waals surface area contributed by atoms with Crippen LogP contribution in [0.3, 0.4) is 0 Å². The van der Waals surface area contributed by atoms with E-state index in [1.165, 1.54) is 9.75 Å². The molecule has 1 atom stereocenters. The summed E-state index contributed by atoms with van der Waals surface area (Å²) in [6.45, 7) is 4.08. The van der Waals surface area contributed by atoms with Crippen LogP contribution in [0.15, 0.2) is 47.4 Å². The number of nitrogens with zero attached hydrogens (tertiary/aromatic N) is 2. The average molecular weight is 303 g/mol. The van der Waals surface area contributed by atoms with Gasteiger partial charge in [0.15, 0.2) is 0 Å². The maximum Gasteiger partial charge on any atom is 0.150 e. The van der Waals surface area contributed by atoms with E-state index in [0.717, 1.165) is 18.9 Å². The van der Waals surface area contributed by atoms with Gasteiger partial charge in [-0.2, -0.15) is 0 Å². The topological polar surface area (TPSA) is 29.9 Å². The summed E-state index contributed by atoms with van der Waals surface area (Å²) in [4.78, 5) is 7.06. The largest absolute Gasteiger partial charge is 0.329 e. The van der Waals surface area contributed by atoms with Crippen molar-refractivity contribution >= 4 is 22.7 Å². The van der Waals surface area contributed by atoms with Crippen molar-refractivity contribution in [3.05, 3.63) is 52.3 Å². The van der Waals surface area contributed by atoms with Crippen molar-refractivity contribution in [1.29, 1.82) is 0 Å². The Morgan fingerprint density at radius 2 is 2.10 bits per heavy atom. The lowest BCUT2D eigenvalue weighted by Crippen LogP contribution is -2.22. The van der Waals surface area contributed by atoms with Crippen molar-refractivity contribution in [3.8, 4) is 10.7 Å². The molecule has 0 bridgehead atoms. The molecule has 3 rings (SSSR count). The Bertz CT molecular complexity index is 626. The van der Waals surface area contributed by atoms with Crippen molar-refractivity contribution in [3.63, 3.8) is 0 Å². The van der Waals surface area contributed by atoms with E-state index < -0.39 is 0 Å². The monoisotopic (exact) mass is 303 g/mol. The van der Waals surface area contributed by atoms with E-state index in [1.807, 2.05) is 12.4 Å². The molecule has 5 heteroatoms. The summed E-state index contributed by atoms with van der Waals surface area (Å²) in [6, 6.07) is 8.87. The van der Waals surface area contributed by atoms with Crippen LogP contribution >= 0.6 is 22.7 Å². The second-order valence-corrected chi connectivity index (χ2v) is 6.54. The zero-order valence-corrected chi connectivity index (χ0v) is 13.0. The van der Waals surface area contributed by atoms with Gasteiger partial charge in [-0.15, -0.1) is 22.7 Å². The minimum absolute atomic E-state index is 0.406. The first-order valence-electron chi connectivity index (χ1n) is 6.66. The van der Waals surface area contributed by atoms with E-state index in [1.54, 1.807) is 22.7 Å². The predicted molar refractivity (Wildman–Crippen MR) is 86.3 cm³/mol. The van der Waals surface area contributed by atoms with Crippen LogP contribution in [0.4, 0.5) is 0 Å². The van der Waals surface area contributed by atoms with Crippen molar-refractivity contribution < 1.29 is 0 Å². The van der Waals surface area contributed by atoms with Gasteiger partial charge in [-0.1, -0.05) is 12.1 Å². The molecule has 0 saturated carbocycles. The summed E-state index contributed by atoms with van der Waals surface area (Å²) in [5.74, 6) is 1.06. The molecule has 0 aliphatic heterocycles. The lowest BCUT2D eigenvalue weighted by molar-refractivity contribution is 0.538. The molecule has 0 aliphatic rings. The number of hydrogen-bond acceptors (Lipinski definition) is 4. The minimum Gasteiger partial charge on any atom is -0.329 e. The smallest absolute Gasteiger partial charge is 0.150 e. The van der Waals surface area contributed by atoms with Crippen LogP contribution in [0.25, 0.3) is 10.7 Å². The van der Waals surface area contributed by atoms with Gasteiger partial charge in [0.2, 0.25) is 0 Å². The first-order chi connectivity index (χ1) is 9.84. The van der Waals surface area contributed by atoms with E-state index in [-0.39, 0.29) is 0 Å². The van der Waals surface area contributed by atoms with Gasteiger partial charge < -0.3 is 9.88 Å². The molecule has 0 aromatic carbocycles. The number of thiophene rings is 2. The number of hydrogen-bond donors (Lipinski definition) is 1. The highest BCUT2D eigenvalue weighted by molar-refractivity contribution is 7.13. The fourth-order valence-corrected chi connectivity index (χ4v) is 3.66. The van der Waals surface area contributed by atoms with Gasteiger partial charge in [-0.25, -0.2) is 4.98 Å². The molecule has 3 aromatic heterocycles. The summed E-state index contributed by atoms with van der Waals surface area (Å²) in [5, 5.41) is 7.77. The third-order valence-corrected chi connectivity index (χ3v) is 5.15. The van der Waals surface area contributed by atoms with Gasteiger partial charge in [0.05, 0.1) is 4.88 Å². The Hall–Kier alpha value is -1.43. The molecule has 0 spiro atoms. The summed E-state index contributed by atoms with van der Waals surface area (Å²) in [6.07, 6.45) is 3.92. The summed E-state index contributed by atoms with van der Waals surface area (Å²) in [5.41, 5.74) is 0. The van der Waals surface area contributed by atoms with Crippen LogP contribution < -0.4 is 5.32 Å². The second kappa shape index (κ2) is 6.35. The number of imidazole rings is 1. The molecule has 0 radical (unpaired) electrons. The Morgan fingerprint density at radius 3 is 2.85 bits per heavy atom. The molecule has 20 heavy (non-hydrogen) atoms. The molecule has 0 aliphatic carbocycles. The predicted octanol–water partition coefficient (Wildman–Crippen LogP) is 4.02. The first kappa shape index (κ1) is 13.5. The van der Waals surface area contributed by atoms with Crippen LogP contribution in [0, 0.1) is 0 Å². The Kier molecular flexibility index (Phi) is 4.30. The van der Waals surface area contributed by atoms with E-state index in [4.69, 9.17) is 0 Å². The van der Waals surface area contributed by atoms with Gasteiger partial charge in [0.1, 0.15) is 5.82 Å². The molecule has 1 N–H and O–H groups in total. The molecular formula is C15H17N3S2. The lowest BCUT2D eigenvalue weighted by atomic mass is 10.3. The number of nitrogens with one attached hydrogen (secondary N) is 1. The highest BCUT2D eigenvalue weighted by Crippen LogP contribution is 2.23. The van der Waals surface area contributed by atoms with Gasteiger partial charge in [0.25, 0.3) is 0 Å². The zero-order valence-electron chi connectivity index (χ0n) is 11.3. The molecule has 0 amide bonds. The van der Waals surface area contributed by atoms with Gasteiger partial charge >= 0.3 is 0 Å². The fourth-order valence-electron chi connectivity index (χ4n) is 2.16. The second-order valence-electron chi connectivity index (χ2n) is 4.61. The van der Waals surface area contributed by atoms with Crippen molar-refractivity contribution in [2.75, 3.05) is 6.54 Å². The van der Waals surface area contributed by atoms with E-state index in [2.05, 4.69) is 56.8 Å². The number of aromatic nitrogens is 2. The lowest BCUT2D eigenvalue weighted by Gasteiger charge is -2.13. The quantitative estimate of drug-likeness (QED) is 0.745. The van der Waals surface area contributed by atoms with E-state index in [0.29, 0.717) is 6.04 Å². The van der Waals surface area contributed by atoms with Gasteiger partial charge in [-0.3, -0.25) is 0 Å². The van der Waals surface area contributed by atoms with Crippen LogP contribution in [0.1, 0.15) is 17.8 Å². The highest BCUT2D eigenvalue weighted by Gasteiger charge is 2.08. The molecular weight excluding hydrogens is 286 g/mol. The van der Waals surface area contributed by atoms with Crippen LogP contribution in [-0.4, -0.2) is 16.1 Å². The van der Waals surface area contributed by atoms with Crippen LogP contribution in [-0.2, 0) is 6.54 Å². The average Bonchev–Trinajstić information content (AvgIpc) is 3.20. The van der Waals surface area contributed by atoms with E-state index >= 15 is 0 Å². The van der Waals surface area contributed by atoms with Gasteiger partial charge in [-0.05, 0) is 29.8 Å². The summed E-state index contributed by atoms with van der Waals surface area (Å²) >= 11 is 3.53. The summed E-state index contributed by atoms with van der Waals surface area (Å²) in [7, 11) is 0. The molecule has 3 heterocycles. The standard InChI is InChI=1S/C15H17N3S2/c1-12(13-4-2-10-19-13)16-6-8-18-9-7-17-15(18)14-5-3-11-20-14/h2-5,7,9-12,16H,6,8H2,1H3. The fraction of sp³-hybridized carbons (Fsp3) is 0.267. The molecule has 104 valence electrons. The molecule has 0 fully saturated rings. The molecule has 1 unspecified atom stereocenters. The Morgan fingerprint density at radius 1 is 1.25 bits per heavy atom. The van der Waals surface area contributed by atoms with Crippen molar-refractivity contribution in [1.82, 2.24) is 14.9 Å². The number of rotatable bonds is 6. The SMILES string of the molecule is CC(NCCn1ccnc1-c1cccs1)c1cccs1. The maximum absolute atomic E-state index is 4.45.